The minimum absolute atomic E-state index is 0.0804. The standard InChI is InChI=1S/C18H13N3O5/c22-17-9-6-12(21(24)25)10-16(17)20-19-15-8-7-14(11-18(15)23)26-13-4-2-1-3-5-13/h1-11,22-23H. The third kappa shape index (κ3) is 3.93. The maximum atomic E-state index is 10.8. The normalized spacial score (nSPS) is 10.8. The van der Waals surface area contributed by atoms with Gasteiger partial charge in [-0.05, 0) is 30.3 Å². The van der Waals surface area contributed by atoms with Crippen molar-refractivity contribution >= 4 is 17.1 Å². The van der Waals surface area contributed by atoms with Crippen molar-refractivity contribution in [2.45, 2.75) is 0 Å². The molecule has 2 N–H and O–H groups in total. The zero-order chi connectivity index (χ0) is 18.5. The van der Waals surface area contributed by atoms with E-state index < -0.39 is 4.92 Å². The highest BCUT2D eigenvalue weighted by molar-refractivity contribution is 5.58. The summed E-state index contributed by atoms with van der Waals surface area (Å²) < 4.78 is 5.59. The quantitative estimate of drug-likeness (QED) is 0.371. The fraction of sp³-hybridized carbons (Fsp3) is 0. The lowest BCUT2D eigenvalue weighted by Crippen LogP contribution is -1.86. The van der Waals surface area contributed by atoms with Crippen LogP contribution in [0, 0.1) is 10.1 Å². The van der Waals surface area contributed by atoms with Crippen molar-refractivity contribution in [2.75, 3.05) is 0 Å². The topological polar surface area (TPSA) is 118 Å². The zero-order valence-corrected chi connectivity index (χ0v) is 13.3. The van der Waals surface area contributed by atoms with Gasteiger partial charge in [0.1, 0.15) is 34.4 Å². The molecule has 8 heteroatoms. The number of nitro benzene ring substituents is 1. The number of hydrogen-bond acceptors (Lipinski definition) is 7. The Hall–Kier alpha value is -3.94. The Kier molecular flexibility index (Phi) is 4.75. The molecule has 0 saturated heterocycles. The Morgan fingerprint density at radius 1 is 0.808 bits per heavy atom. The molecule has 0 atom stereocenters. The monoisotopic (exact) mass is 351 g/mol. The van der Waals surface area contributed by atoms with Crippen LogP contribution >= 0.6 is 0 Å². The van der Waals surface area contributed by atoms with E-state index in [1.807, 2.05) is 18.2 Å². The van der Waals surface area contributed by atoms with Gasteiger partial charge in [0, 0.05) is 18.2 Å². The van der Waals surface area contributed by atoms with Crippen LogP contribution in [0.1, 0.15) is 0 Å². The number of hydrogen-bond donors (Lipinski definition) is 2. The van der Waals surface area contributed by atoms with Crippen molar-refractivity contribution in [3.8, 4) is 23.0 Å². The zero-order valence-electron chi connectivity index (χ0n) is 13.3. The van der Waals surface area contributed by atoms with Crippen LogP contribution in [0.4, 0.5) is 17.1 Å². The summed E-state index contributed by atoms with van der Waals surface area (Å²) >= 11 is 0. The Labute approximate surface area is 147 Å². The van der Waals surface area contributed by atoms with Crippen LogP contribution in [0.2, 0.25) is 0 Å². The van der Waals surface area contributed by atoms with Gasteiger partial charge in [-0.15, -0.1) is 10.2 Å². The van der Waals surface area contributed by atoms with E-state index in [0.29, 0.717) is 11.5 Å². The van der Waals surface area contributed by atoms with E-state index in [0.717, 1.165) is 18.2 Å². The number of azo groups is 1. The summed E-state index contributed by atoms with van der Waals surface area (Å²) in [4.78, 5) is 10.2. The van der Waals surface area contributed by atoms with Gasteiger partial charge in [-0.2, -0.15) is 0 Å². The van der Waals surface area contributed by atoms with Gasteiger partial charge < -0.3 is 14.9 Å². The van der Waals surface area contributed by atoms with E-state index in [-0.39, 0.29) is 28.6 Å². The molecule has 26 heavy (non-hydrogen) atoms. The fourth-order valence-electron chi connectivity index (χ4n) is 2.09. The molecule has 0 heterocycles. The van der Waals surface area contributed by atoms with Gasteiger partial charge in [-0.3, -0.25) is 10.1 Å². The second-order valence-electron chi connectivity index (χ2n) is 5.20. The number of phenolic OH excluding ortho intramolecular Hbond substituents is 2. The number of non-ortho nitro benzene ring substituents is 1. The highest BCUT2D eigenvalue weighted by Gasteiger charge is 2.10. The largest absolute Gasteiger partial charge is 0.506 e. The number of ether oxygens (including phenoxy) is 1. The van der Waals surface area contributed by atoms with Crippen molar-refractivity contribution in [1.29, 1.82) is 0 Å². The predicted molar refractivity (Wildman–Crippen MR) is 93.6 cm³/mol. The molecule has 3 aromatic rings. The lowest BCUT2D eigenvalue weighted by Gasteiger charge is -2.06. The second-order valence-corrected chi connectivity index (χ2v) is 5.20. The average molecular weight is 351 g/mol. The molecular weight excluding hydrogens is 338 g/mol. The van der Waals surface area contributed by atoms with Crippen molar-refractivity contribution in [3.63, 3.8) is 0 Å². The summed E-state index contributed by atoms with van der Waals surface area (Å²) in [6.45, 7) is 0. The van der Waals surface area contributed by atoms with Gasteiger partial charge in [-0.25, -0.2) is 0 Å². The average Bonchev–Trinajstić information content (AvgIpc) is 2.63. The number of nitrogens with zero attached hydrogens (tertiary/aromatic N) is 3. The molecule has 3 aromatic carbocycles. The molecule has 3 rings (SSSR count). The van der Waals surface area contributed by atoms with Crippen LogP contribution in [0.15, 0.2) is 77.0 Å². The first-order valence-electron chi connectivity index (χ1n) is 7.48. The Morgan fingerprint density at radius 2 is 1.54 bits per heavy atom. The van der Waals surface area contributed by atoms with Gasteiger partial charge in [0.2, 0.25) is 0 Å². The van der Waals surface area contributed by atoms with E-state index in [4.69, 9.17) is 4.74 Å². The Morgan fingerprint density at radius 3 is 2.23 bits per heavy atom. The number of benzene rings is 3. The molecule has 0 aliphatic carbocycles. The van der Waals surface area contributed by atoms with E-state index in [1.165, 1.54) is 12.1 Å². The first-order valence-corrected chi connectivity index (χ1v) is 7.48. The number of aromatic hydroxyl groups is 2. The molecule has 0 fully saturated rings. The van der Waals surface area contributed by atoms with Gasteiger partial charge in [0.05, 0.1) is 4.92 Å². The molecule has 0 saturated carbocycles. The van der Waals surface area contributed by atoms with E-state index in [2.05, 4.69) is 10.2 Å². The lowest BCUT2D eigenvalue weighted by atomic mass is 10.2. The molecular formula is C18H13N3O5. The van der Waals surface area contributed by atoms with Gasteiger partial charge in [0.15, 0.2) is 0 Å². The van der Waals surface area contributed by atoms with Crippen molar-refractivity contribution < 1.29 is 19.9 Å². The highest BCUT2D eigenvalue weighted by atomic mass is 16.6. The summed E-state index contributed by atoms with van der Waals surface area (Å²) in [7, 11) is 0. The van der Waals surface area contributed by atoms with Gasteiger partial charge in [0.25, 0.3) is 5.69 Å². The molecule has 8 nitrogen and oxygen atoms in total. The first-order chi connectivity index (χ1) is 12.5. The fourth-order valence-corrected chi connectivity index (χ4v) is 2.09. The Bertz CT molecular complexity index is 974. The first kappa shape index (κ1) is 16.9. The molecule has 0 aliphatic rings. The maximum absolute atomic E-state index is 10.8. The lowest BCUT2D eigenvalue weighted by molar-refractivity contribution is -0.384. The van der Waals surface area contributed by atoms with Crippen LogP contribution < -0.4 is 4.74 Å². The highest BCUT2D eigenvalue weighted by Crippen LogP contribution is 2.36. The predicted octanol–water partition coefficient (Wildman–Crippen LogP) is 5.21. The van der Waals surface area contributed by atoms with Crippen LogP contribution in [0.25, 0.3) is 0 Å². The van der Waals surface area contributed by atoms with Crippen molar-refractivity contribution in [3.05, 3.63) is 76.8 Å². The van der Waals surface area contributed by atoms with Crippen LogP contribution in [0.5, 0.6) is 23.0 Å². The van der Waals surface area contributed by atoms with E-state index in [9.17, 15) is 20.3 Å². The third-order valence-corrected chi connectivity index (χ3v) is 3.36. The summed E-state index contributed by atoms with van der Waals surface area (Å²) in [5.74, 6) is 0.573. The number of rotatable bonds is 5. The van der Waals surface area contributed by atoms with E-state index >= 15 is 0 Å². The number of para-hydroxylation sites is 1. The summed E-state index contributed by atoms with van der Waals surface area (Å²) in [5.41, 5.74) is -0.188. The molecule has 0 radical (unpaired) electrons. The molecule has 0 bridgehead atoms. The number of phenols is 2. The molecule has 0 aliphatic heterocycles. The molecule has 0 amide bonds. The van der Waals surface area contributed by atoms with Crippen LogP contribution in [-0.4, -0.2) is 15.1 Å². The minimum atomic E-state index is -0.606. The van der Waals surface area contributed by atoms with Crippen LogP contribution in [0.3, 0.4) is 0 Å². The molecule has 130 valence electrons. The molecule has 0 spiro atoms. The Balaban J connectivity index is 1.81. The minimum Gasteiger partial charge on any atom is -0.506 e. The third-order valence-electron chi connectivity index (χ3n) is 3.36. The smallest absolute Gasteiger partial charge is 0.271 e. The van der Waals surface area contributed by atoms with E-state index in [1.54, 1.807) is 18.2 Å². The molecule has 0 aromatic heterocycles. The number of nitro groups is 1. The summed E-state index contributed by atoms with van der Waals surface area (Å²) in [6.07, 6.45) is 0. The van der Waals surface area contributed by atoms with Gasteiger partial charge in [-0.1, -0.05) is 18.2 Å². The maximum Gasteiger partial charge on any atom is 0.271 e. The van der Waals surface area contributed by atoms with Gasteiger partial charge >= 0.3 is 0 Å². The summed E-state index contributed by atoms with van der Waals surface area (Å²) in [5, 5.41) is 38.1. The SMILES string of the molecule is O=[N+]([O-])c1ccc(O)c(N=Nc2ccc(Oc3ccccc3)cc2O)c1. The summed E-state index contributed by atoms with van der Waals surface area (Å²) in [6, 6.07) is 16.9. The molecule has 0 unspecified atom stereocenters. The van der Waals surface area contributed by atoms with Crippen molar-refractivity contribution in [1.82, 2.24) is 0 Å². The van der Waals surface area contributed by atoms with Crippen molar-refractivity contribution in [2.24, 2.45) is 10.2 Å². The van der Waals surface area contributed by atoms with Crippen LogP contribution in [-0.2, 0) is 0 Å². The second kappa shape index (κ2) is 7.31.